The molecule has 2 N–H and O–H groups in total. The number of hydrogen-bond donors (Lipinski definition) is 1. The molecule has 0 amide bonds. The van der Waals surface area contributed by atoms with Crippen LogP contribution in [0, 0.1) is 11.7 Å². The van der Waals surface area contributed by atoms with Gasteiger partial charge in [-0.2, -0.15) is 0 Å². The van der Waals surface area contributed by atoms with Crippen LogP contribution in [-0.2, 0) is 0 Å². The van der Waals surface area contributed by atoms with E-state index in [4.69, 9.17) is 5.73 Å². The zero-order chi connectivity index (χ0) is 15.5. The average Bonchev–Trinajstić information content (AvgIpc) is 2.99. The summed E-state index contributed by atoms with van der Waals surface area (Å²) in [7, 11) is 0. The summed E-state index contributed by atoms with van der Waals surface area (Å²) in [5.74, 6) is 0.749. The molecule has 1 aliphatic heterocycles. The molecule has 3 atom stereocenters. The minimum Gasteiger partial charge on any atom is -0.330 e. The maximum Gasteiger partial charge on any atom is 0.123 e. The van der Waals surface area contributed by atoms with Crippen molar-refractivity contribution in [3.05, 3.63) is 71.5 Å². The number of rotatable bonds is 4. The topological polar surface area (TPSA) is 29.3 Å². The van der Waals surface area contributed by atoms with E-state index in [9.17, 15) is 4.39 Å². The van der Waals surface area contributed by atoms with Gasteiger partial charge in [0.2, 0.25) is 0 Å². The number of benzene rings is 2. The monoisotopic (exact) mass is 334 g/mol. The van der Waals surface area contributed by atoms with E-state index in [1.807, 2.05) is 12.1 Å². The highest BCUT2D eigenvalue weighted by Gasteiger charge is 2.35. The zero-order valence-corrected chi connectivity index (χ0v) is 14.2. The van der Waals surface area contributed by atoms with Crippen molar-refractivity contribution in [2.45, 2.75) is 18.9 Å². The van der Waals surface area contributed by atoms with Crippen molar-refractivity contribution < 1.29 is 4.39 Å². The molecule has 0 radical (unpaired) electrons. The predicted molar refractivity (Wildman–Crippen MR) is 95.4 cm³/mol. The van der Waals surface area contributed by atoms with Crippen LogP contribution in [0.3, 0.4) is 0 Å². The summed E-state index contributed by atoms with van der Waals surface area (Å²) in [5.41, 5.74) is 8.39. The molecule has 1 saturated heterocycles. The summed E-state index contributed by atoms with van der Waals surface area (Å²) in [6.45, 7) is 4.78. The summed E-state index contributed by atoms with van der Waals surface area (Å²) in [4.78, 5) is 2.42. The molecule has 2 aromatic carbocycles. The summed E-state index contributed by atoms with van der Waals surface area (Å²) in [6, 6.07) is 17.7. The molecule has 0 bridgehead atoms. The van der Waals surface area contributed by atoms with Gasteiger partial charge >= 0.3 is 0 Å². The Hall–Kier alpha value is -1.42. The number of nitrogens with two attached hydrogens (primary N) is 1. The predicted octanol–water partition coefficient (Wildman–Crippen LogP) is 3.98. The van der Waals surface area contributed by atoms with Gasteiger partial charge in [0.25, 0.3) is 0 Å². The lowest BCUT2D eigenvalue weighted by atomic mass is 9.89. The molecule has 3 rings (SSSR count). The molecule has 2 aromatic rings. The Morgan fingerprint density at radius 3 is 2.52 bits per heavy atom. The molecule has 0 aliphatic carbocycles. The highest BCUT2D eigenvalue weighted by atomic mass is 35.5. The highest BCUT2D eigenvalue weighted by molar-refractivity contribution is 5.85. The van der Waals surface area contributed by atoms with Crippen LogP contribution in [0.15, 0.2) is 54.6 Å². The third-order valence-corrected chi connectivity index (χ3v) is 4.88. The van der Waals surface area contributed by atoms with E-state index < -0.39 is 0 Å². The third-order valence-electron chi connectivity index (χ3n) is 4.88. The van der Waals surface area contributed by atoms with E-state index in [0.29, 0.717) is 18.4 Å². The minimum atomic E-state index is -0.168. The Bertz CT molecular complexity index is 620. The smallest absolute Gasteiger partial charge is 0.123 e. The van der Waals surface area contributed by atoms with Gasteiger partial charge in [-0.05, 0) is 42.6 Å². The standard InChI is InChI=1S/C19H23FN2.ClH/c1-14(16-8-5-9-18(20)10-16)22-12-17(11-21)19(13-22)15-6-3-2-4-7-15;/h2-10,14,17,19H,11-13,21H2,1H3;1H/t14?,17-,19+;/m1./s1. The van der Waals surface area contributed by atoms with Crippen molar-refractivity contribution in [3.8, 4) is 0 Å². The van der Waals surface area contributed by atoms with E-state index >= 15 is 0 Å². The fourth-order valence-corrected chi connectivity index (χ4v) is 3.51. The fourth-order valence-electron chi connectivity index (χ4n) is 3.51. The van der Waals surface area contributed by atoms with E-state index in [-0.39, 0.29) is 24.3 Å². The largest absolute Gasteiger partial charge is 0.330 e. The fraction of sp³-hybridized carbons (Fsp3) is 0.368. The molecule has 0 aromatic heterocycles. The first-order chi connectivity index (χ1) is 10.7. The Balaban J connectivity index is 0.00000192. The molecule has 2 nitrogen and oxygen atoms in total. The van der Waals surface area contributed by atoms with Gasteiger partial charge in [-0.3, -0.25) is 4.90 Å². The van der Waals surface area contributed by atoms with Crippen LogP contribution in [0.5, 0.6) is 0 Å². The van der Waals surface area contributed by atoms with E-state index in [1.54, 1.807) is 12.1 Å². The molecule has 124 valence electrons. The lowest BCUT2D eigenvalue weighted by molar-refractivity contribution is 0.252. The molecular formula is C19H24ClFN2. The van der Waals surface area contributed by atoms with Gasteiger partial charge in [-0.1, -0.05) is 42.5 Å². The van der Waals surface area contributed by atoms with E-state index in [2.05, 4.69) is 36.1 Å². The molecule has 1 unspecified atom stereocenters. The van der Waals surface area contributed by atoms with Crippen LogP contribution in [0.1, 0.15) is 30.0 Å². The van der Waals surface area contributed by atoms with Crippen molar-refractivity contribution in [1.29, 1.82) is 0 Å². The van der Waals surface area contributed by atoms with Crippen molar-refractivity contribution in [2.24, 2.45) is 11.7 Å². The van der Waals surface area contributed by atoms with Crippen molar-refractivity contribution in [3.63, 3.8) is 0 Å². The average molecular weight is 335 g/mol. The Labute approximate surface area is 143 Å². The zero-order valence-electron chi connectivity index (χ0n) is 13.4. The number of likely N-dealkylation sites (tertiary alicyclic amines) is 1. The number of hydrogen-bond acceptors (Lipinski definition) is 2. The Morgan fingerprint density at radius 1 is 1.13 bits per heavy atom. The highest BCUT2D eigenvalue weighted by Crippen LogP contribution is 2.36. The normalized spacial score (nSPS) is 22.6. The molecule has 1 fully saturated rings. The lowest BCUT2D eigenvalue weighted by Gasteiger charge is -2.25. The van der Waals surface area contributed by atoms with Gasteiger partial charge in [0.1, 0.15) is 5.82 Å². The lowest BCUT2D eigenvalue weighted by Crippen LogP contribution is -2.26. The third kappa shape index (κ3) is 3.92. The van der Waals surface area contributed by atoms with Gasteiger partial charge in [0.05, 0.1) is 0 Å². The maximum absolute atomic E-state index is 13.5. The van der Waals surface area contributed by atoms with Gasteiger partial charge in [0, 0.05) is 25.0 Å². The quantitative estimate of drug-likeness (QED) is 0.916. The van der Waals surface area contributed by atoms with Crippen LogP contribution in [0.2, 0.25) is 0 Å². The van der Waals surface area contributed by atoms with E-state index in [1.165, 1.54) is 11.6 Å². The SMILES string of the molecule is CC(c1cccc(F)c1)N1C[C@@H](CN)[C@H](c2ccccc2)C1.Cl. The summed E-state index contributed by atoms with van der Waals surface area (Å²) >= 11 is 0. The molecule has 23 heavy (non-hydrogen) atoms. The molecule has 0 saturated carbocycles. The van der Waals surface area contributed by atoms with Crippen molar-refractivity contribution in [1.82, 2.24) is 4.90 Å². The number of halogens is 2. The molecular weight excluding hydrogens is 311 g/mol. The number of nitrogens with zero attached hydrogens (tertiary/aromatic N) is 1. The summed E-state index contributed by atoms with van der Waals surface area (Å²) in [5, 5.41) is 0. The van der Waals surface area contributed by atoms with Crippen LogP contribution in [-0.4, -0.2) is 24.5 Å². The van der Waals surface area contributed by atoms with Gasteiger partial charge in [-0.15, -0.1) is 12.4 Å². The minimum absolute atomic E-state index is 0. The molecule has 1 heterocycles. The van der Waals surface area contributed by atoms with Crippen LogP contribution < -0.4 is 5.73 Å². The molecule has 1 aliphatic rings. The van der Waals surface area contributed by atoms with Crippen LogP contribution in [0.25, 0.3) is 0 Å². The summed E-state index contributed by atoms with van der Waals surface area (Å²) < 4.78 is 13.5. The second kappa shape index (κ2) is 7.91. The van der Waals surface area contributed by atoms with Crippen molar-refractivity contribution >= 4 is 12.4 Å². The van der Waals surface area contributed by atoms with Gasteiger partial charge in [0.15, 0.2) is 0 Å². The first-order valence-corrected chi connectivity index (χ1v) is 7.93. The maximum atomic E-state index is 13.5. The van der Waals surface area contributed by atoms with Gasteiger partial charge < -0.3 is 5.73 Å². The first-order valence-electron chi connectivity index (χ1n) is 7.93. The first kappa shape index (κ1) is 17.9. The Morgan fingerprint density at radius 2 is 1.87 bits per heavy atom. The molecule has 4 heteroatoms. The van der Waals surface area contributed by atoms with Crippen LogP contribution >= 0.6 is 12.4 Å². The van der Waals surface area contributed by atoms with Crippen molar-refractivity contribution in [2.75, 3.05) is 19.6 Å². The second-order valence-electron chi connectivity index (χ2n) is 6.20. The van der Waals surface area contributed by atoms with Crippen LogP contribution in [0.4, 0.5) is 4.39 Å². The van der Waals surface area contributed by atoms with Gasteiger partial charge in [-0.25, -0.2) is 4.39 Å². The summed E-state index contributed by atoms with van der Waals surface area (Å²) in [6.07, 6.45) is 0. The molecule has 0 spiro atoms. The van der Waals surface area contributed by atoms with E-state index in [0.717, 1.165) is 18.7 Å². The second-order valence-corrected chi connectivity index (χ2v) is 6.20. The Kier molecular flexibility index (Phi) is 6.17.